The summed E-state index contributed by atoms with van der Waals surface area (Å²) in [6, 6.07) is 3.15. The molecule has 1 aromatic carbocycles. The van der Waals surface area contributed by atoms with E-state index in [4.69, 9.17) is 0 Å². The molecule has 0 saturated carbocycles. The third-order valence-electron chi connectivity index (χ3n) is 0.922. The summed E-state index contributed by atoms with van der Waals surface area (Å²) in [5, 5.41) is 0. The summed E-state index contributed by atoms with van der Waals surface area (Å²) in [7, 11) is -3.67. The molecule has 0 N–H and O–H groups in total. The number of benzene rings is 1. The van der Waals surface area contributed by atoms with E-state index in [1.165, 1.54) is 12.1 Å². The van der Waals surface area contributed by atoms with Gasteiger partial charge in [-0.2, -0.15) is 12.5 Å². The van der Waals surface area contributed by atoms with Crippen LogP contribution in [-0.4, -0.2) is 7.54 Å². The van der Waals surface area contributed by atoms with E-state index < -0.39 is 19.2 Å². The van der Waals surface area contributed by atoms with Gasteiger partial charge in [-0.1, -0.05) is 0 Å². The number of rotatable bonds is 0. The zero-order valence-electron chi connectivity index (χ0n) is 7.41. The van der Waals surface area contributed by atoms with Gasteiger partial charge < -0.3 is 0 Å². The maximum atomic E-state index is 12.1. The van der Waals surface area contributed by atoms with E-state index in [1.807, 2.05) is 0 Å². The Labute approximate surface area is 122 Å². The summed E-state index contributed by atoms with van der Waals surface area (Å²) in [6.45, 7) is 3.36. The monoisotopic (exact) mass is 234 g/mol. The summed E-state index contributed by atoms with van der Waals surface area (Å²) >= 11 is 0. The summed E-state index contributed by atoms with van der Waals surface area (Å²) in [4.78, 5) is 0. The molecular weight excluding hydrogens is 229 g/mol. The first-order valence-corrected chi connectivity index (χ1v) is 3.12. The van der Waals surface area contributed by atoms with Crippen molar-refractivity contribution in [3.05, 3.63) is 42.3 Å². The minimum atomic E-state index is -3.67. The molecule has 7 heteroatoms. The molecule has 14 heavy (non-hydrogen) atoms. The van der Waals surface area contributed by atoms with Crippen molar-refractivity contribution in [3.8, 4) is 0 Å². The maximum absolute atomic E-state index is 12.1. The van der Waals surface area contributed by atoms with Gasteiger partial charge in [0, 0.05) is 0 Å². The van der Waals surface area contributed by atoms with Crippen LogP contribution in [0.15, 0.2) is 18.2 Å². The van der Waals surface area contributed by atoms with Gasteiger partial charge in [0.25, 0.3) is 0 Å². The molecule has 0 fully saturated rings. The Morgan fingerprint density at radius 1 is 0.929 bits per heavy atom. The van der Waals surface area contributed by atoms with E-state index in [2.05, 4.69) is 6.92 Å². The van der Waals surface area contributed by atoms with Crippen LogP contribution >= 0.6 is 0 Å². The van der Waals surface area contributed by atoms with E-state index >= 15 is 0 Å². The molecule has 0 amide bonds. The minimum Gasteiger partial charge on any atom is -0.254 e. The minimum absolute atomic E-state index is 0. The van der Waals surface area contributed by atoms with Crippen LogP contribution in [0.2, 0.25) is 0 Å². The van der Waals surface area contributed by atoms with Gasteiger partial charge in [-0.25, -0.2) is 8.78 Å². The van der Waals surface area contributed by atoms with E-state index in [0.29, 0.717) is 5.56 Å². The first-order chi connectivity index (χ1) is 5.91. The van der Waals surface area contributed by atoms with Crippen molar-refractivity contribution in [2.24, 2.45) is 0 Å². The average molecular weight is 234 g/mol. The third kappa shape index (κ3) is 10.5. The molecule has 0 spiro atoms. The van der Waals surface area contributed by atoms with E-state index in [9.17, 15) is 21.7 Å². The molecule has 0 heterocycles. The van der Waals surface area contributed by atoms with Gasteiger partial charge in [-0.05, 0) is 6.07 Å². The van der Waals surface area contributed by atoms with Gasteiger partial charge in [-0.15, -0.1) is 12.1 Å². The SMILES string of the molecule is FB(F)F.[CH2-]c1cc(F)cc(F)c1.[K+]. The molecule has 0 saturated heterocycles. The van der Waals surface area contributed by atoms with Crippen molar-refractivity contribution >= 4 is 7.54 Å². The van der Waals surface area contributed by atoms with Crippen molar-refractivity contribution in [2.45, 2.75) is 0 Å². The smallest absolute Gasteiger partial charge is 0.254 e. The van der Waals surface area contributed by atoms with Crippen LogP contribution in [0.3, 0.4) is 0 Å². The van der Waals surface area contributed by atoms with Gasteiger partial charge in [-0.3, -0.25) is 12.9 Å². The van der Waals surface area contributed by atoms with Crippen LogP contribution in [0, 0.1) is 18.6 Å². The second-order valence-corrected chi connectivity index (χ2v) is 2.03. The standard InChI is InChI=1S/C7H5F2.BF3.K/c1-5-2-6(8)4-7(9)3-5;2-1(3)4;/h2-4H,1H2;;/q-1;;+1. The molecule has 0 nitrogen and oxygen atoms in total. The topological polar surface area (TPSA) is 0 Å². The van der Waals surface area contributed by atoms with Crippen molar-refractivity contribution < 1.29 is 73.1 Å². The van der Waals surface area contributed by atoms with Crippen molar-refractivity contribution in [1.82, 2.24) is 0 Å². The molecular formula is C7H5BF5K. The van der Waals surface area contributed by atoms with Crippen LogP contribution in [0.5, 0.6) is 0 Å². The molecule has 0 unspecified atom stereocenters. The second kappa shape index (κ2) is 8.73. The summed E-state index contributed by atoms with van der Waals surface area (Å²) < 4.78 is 53.3. The molecule has 0 aliphatic carbocycles. The van der Waals surface area contributed by atoms with E-state index in [-0.39, 0.29) is 51.4 Å². The van der Waals surface area contributed by atoms with E-state index in [1.54, 1.807) is 0 Å². The summed E-state index contributed by atoms with van der Waals surface area (Å²) in [6.07, 6.45) is 0. The molecule has 1 rings (SSSR count). The first kappa shape index (κ1) is 16.9. The maximum Gasteiger partial charge on any atom is 1.00 e. The molecule has 0 bridgehead atoms. The molecule has 0 atom stereocenters. The fourth-order valence-electron chi connectivity index (χ4n) is 0.611. The van der Waals surface area contributed by atoms with Crippen LogP contribution in [0.4, 0.5) is 21.7 Å². The predicted octanol–water partition coefficient (Wildman–Crippen LogP) is 0.0308. The summed E-state index contributed by atoms with van der Waals surface area (Å²) in [5.74, 6) is -1.17. The van der Waals surface area contributed by atoms with Crippen molar-refractivity contribution in [2.75, 3.05) is 0 Å². The van der Waals surface area contributed by atoms with E-state index in [0.717, 1.165) is 6.07 Å². The average Bonchev–Trinajstić information content (AvgIpc) is 1.80. The van der Waals surface area contributed by atoms with Gasteiger partial charge >= 0.3 is 58.9 Å². The second-order valence-electron chi connectivity index (χ2n) is 2.03. The van der Waals surface area contributed by atoms with Crippen LogP contribution in [0.25, 0.3) is 0 Å². The Kier molecular flexibility index (Phi) is 10.5. The van der Waals surface area contributed by atoms with Gasteiger partial charge in [0.05, 0.1) is 11.6 Å². The molecule has 0 aromatic heterocycles. The molecule has 1 aromatic rings. The third-order valence-corrected chi connectivity index (χ3v) is 0.922. The number of hydrogen-bond donors (Lipinski definition) is 0. The van der Waals surface area contributed by atoms with Gasteiger partial charge in [0.1, 0.15) is 0 Å². The Balaban J connectivity index is 0. The fraction of sp³-hybridized carbons (Fsp3) is 0. The van der Waals surface area contributed by atoms with Crippen molar-refractivity contribution in [3.63, 3.8) is 0 Å². The van der Waals surface area contributed by atoms with Crippen LogP contribution in [0.1, 0.15) is 5.56 Å². The molecule has 0 aliphatic rings. The van der Waals surface area contributed by atoms with Crippen LogP contribution in [-0.2, 0) is 0 Å². The Hall–Kier alpha value is 0.441. The molecule has 0 aliphatic heterocycles. The predicted molar refractivity (Wildman–Crippen MR) is 39.9 cm³/mol. The normalized spacial score (nSPS) is 8.07. The zero-order chi connectivity index (χ0) is 10.4. The Morgan fingerprint density at radius 2 is 1.21 bits per heavy atom. The first-order valence-electron chi connectivity index (χ1n) is 3.12. The quantitative estimate of drug-likeness (QED) is 0.337. The molecule has 72 valence electrons. The van der Waals surface area contributed by atoms with Crippen molar-refractivity contribution in [1.29, 1.82) is 0 Å². The van der Waals surface area contributed by atoms with Gasteiger partial charge in [0.2, 0.25) is 0 Å². The number of hydrogen-bond acceptors (Lipinski definition) is 0. The number of halogens is 5. The fourth-order valence-corrected chi connectivity index (χ4v) is 0.611. The molecule has 0 radical (unpaired) electrons. The van der Waals surface area contributed by atoms with Gasteiger partial charge in [0.15, 0.2) is 0 Å². The summed E-state index contributed by atoms with van der Waals surface area (Å²) in [5.41, 5.74) is 0.354. The Bertz CT molecular complexity index is 215. The van der Waals surface area contributed by atoms with Crippen LogP contribution < -0.4 is 51.4 Å². The largest absolute Gasteiger partial charge is 1.00 e. The zero-order valence-corrected chi connectivity index (χ0v) is 10.5. The Morgan fingerprint density at radius 3 is 1.43 bits per heavy atom.